The number of hydrogen-bond acceptors (Lipinski definition) is 3. The minimum atomic E-state index is 0.0709. The van der Waals surface area contributed by atoms with Crippen LogP contribution >= 0.6 is 0 Å². The van der Waals surface area contributed by atoms with Gasteiger partial charge in [-0.15, -0.1) is 0 Å². The van der Waals surface area contributed by atoms with Gasteiger partial charge in [0.25, 0.3) is 0 Å². The monoisotopic (exact) mass is 254 g/mol. The van der Waals surface area contributed by atoms with Gasteiger partial charge in [-0.05, 0) is 49.4 Å². The first-order valence-corrected chi connectivity index (χ1v) is 6.71. The fraction of sp³-hybridized carbons (Fsp3) is 0.312. The zero-order chi connectivity index (χ0) is 13.2. The van der Waals surface area contributed by atoms with Crippen LogP contribution < -0.4 is 10.5 Å². The molecule has 0 bridgehead atoms. The predicted molar refractivity (Wildman–Crippen MR) is 76.1 cm³/mol. The highest BCUT2D eigenvalue weighted by Gasteiger charge is 2.22. The molecule has 98 valence electrons. The normalized spacial score (nSPS) is 17.8. The standard InChI is InChI=1S/C16H18N2O/c1-11-9-10-14(17)16(18-11)19-15-8-4-6-12-5-2-3-7-13(12)15/h2-3,5,7,9-10,15H,4,6,8,17H2,1H3. The van der Waals surface area contributed by atoms with Crippen molar-refractivity contribution in [1.82, 2.24) is 4.98 Å². The molecule has 3 heteroatoms. The average molecular weight is 254 g/mol. The summed E-state index contributed by atoms with van der Waals surface area (Å²) in [6.07, 6.45) is 3.37. The summed E-state index contributed by atoms with van der Waals surface area (Å²) >= 11 is 0. The zero-order valence-electron chi connectivity index (χ0n) is 11.1. The Balaban J connectivity index is 1.90. The lowest BCUT2D eigenvalue weighted by molar-refractivity contribution is 0.177. The molecule has 2 aromatic rings. The maximum absolute atomic E-state index is 6.06. The Bertz CT molecular complexity index is 595. The summed E-state index contributed by atoms with van der Waals surface area (Å²) in [6.45, 7) is 1.95. The van der Waals surface area contributed by atoms with E-state index in [1.807, 2.05) is 19.1 Å². The molecule has 1 aliphatic carbocycles. The first-order valence-electron chi connectivity index (χ1n) is 6.71. The predicted octanol–water partition coefficient (Wildman–Crippen LogP) is 3.43. The van der Waals surface area contributed by atoms with E-state index in [9.17, 15) is 0 Å². The lowest BCUT2D eigenvalue weighted by atomic mass is 9.89. The van der Waals surface area contributed by atoms with Crippen LogP contribution in [0.15, 0.2) is 36.4 Å². The molecule has 0 spiro atoms. The molecule has 3 nitrogen and oxygen atoms in total. The fourth-order valence-corrected chi connectivity index (χ4v) is 2.60. The Morgan fingerprint density at radius 2 is 2.05 bits per heavy atom. The molecule has 1 aliphatic rings. The maximum atomic E-state index is 6.06. The van der Waals surface area contributed by atoms with Crippen LogP contribution in [0.4, 0.5) is 5.69 Å². The zero-order valence-corrected chi connectivity index (χ0v) is 11.1. The van der Waals surface area contributed by atoms with E-state index >= 15 is 0 Å². The molecule has 1 aromatic carbocycles. The highest BCUT2D eigenvalue weighted by atomic mass is 16.5. The number of aryl methyl sites for hydroxylation is 2. The van der Waals surface area contributed by atoms with Gasteiger partial charge in [-0.3, -0.25) is 0 Å². The molecule has 0 saturated heterocycles. The number of nitrogens with two attached hydrogens (primary N) is 1. The highest BCUT2D eigenvalue weighted by molar-refractivity contribution is 5.48. The van der Waals surface area contributed by atoms with Gasteiger partial charge in [0.1, 0.15) is 6.10 Å². The maximum Gasteiger partial charge on any atom is 0.238 e. The SMILES string of the molecule is Cc1ccc(N)c(OC2CCCc3ccccc32)n1. The van der Waals surface area contributed by atoms with Gasteiger partial charge in [0.15, 0.2) is 0 Å². The summed E-state index contributed by atoms with van der Waals surface area (Å²) < 4.78 is 6.06. The third-order valence-electron chi connectivity index (χ3n) is 3.60. The summed E-state index contributed by atoms with van der Waals surface area (Å²) in [5.74, 6) is 0.557. The van der Waals surface area contributed by atoms with Crippen molar-refractivity contribution >= 4 is 5.69 Å². The number of nitrogen functional groups attached to an aromatic ring is 1. The number of benzene rings is 1. The highest BCUT2D eigenvalue weighted by Crippen LogP contribution is 2.34. The van der Waals surface area contributed by atoms with Crippen molar-refractivity contribution in [2.75, 3.05) is 5.73 Å². The van der Waals surface area contributed by atoms with Gasteiger partial charge in [0.2, 0.25) is 5.88 Å². The van der Waals surface area contributed by atoms with Gasteiger partial charge in [0.05, 0.1) is 5.69 Å². The second kappa shape index (κ2) is 4.92. The van der Waals surface area contributed by atoms with E-state index in [1.165, 1.54) is 11.1 Å². The van der Waals surface area contributed by atoms with E-state index in [0.29, 0.717) is 11.6 Å². The Kier molecular flexibility index (Phi) is 3.11. The third kappa shape index (κ3) is 2.41. The number of rotatable bonds is 2. The van der Waals surface area contributed by atoms with Crippen molar-refractivity contribution < 1.29 is 4.74 Å². The van der Waals surface area contributed by atoms with Crippen molar-refractivity contribution in [3.8, 4) is 5.88 Å². The molecule has 3 rings (SSSR count). The largest absolute Gasteiger partial charge is 0.468 e. The lowest BCUT2D eigenvalue weighted by Gasteiger charge is -2.26. The number of hydrogen-bond donors (Lipinski definition) is 1. The van der Waals surface area contributed by atoms with E-state index in [1.54, 1.807) is 0 Å². The number of pyridine rings is 1. The molecule has 1 unspecified atom stereocenters. The molecule has 0 saturated carbocycles. The quantitative estimate of drug-likeness (QED) is 0.893. The summed E-state index contributed by atoms with van der Waals surface area (Å²) in [7, 11) is 0. The van der Waals surface area contributed by atoms with Crippen LogP contribution in [0.25, 0.3) is 0 Å². The van der Waals surface area contributed by atoms with Gasteiger partial charge in [-0.2, -0.15) is 0 Å². The van der Waals surface area contributed by atoms with Crippen LogP contribution in [0.1, 0.15) is 35.8 Å². The summed E-state index contributed by atoms with van der Waals surface area (Å²) in [6, 6.07) is 12.2. The second-order valence-corrected chi connectivity index (χ2v) is 5.04. The van der Waals surface area contributed by atoms with Gasteiger partial charge in [-0.1, -0.05) is 24.3 Å². The van der Waals surface area contributed by atoms with Crippen LogP contribution in [0, 0.1) is 6.92 Å². The Hall–Kier alpha value is -2.03. The summed E-state index contributed by atoms with van der Waals surface area (Å²) in [4.78, 5) is 4.39. The number of ether oxygens (including phenoxy) is 1. The van der Waals surface area contributed by atoms with Crippen LogP contribution in [0.3, 0.4) is 0 Å². The van der Waals surface area contributed by atoms with Crippen molar-refractivity contribution in [3.63, 3.8) is 0 Å². The topological polar surface area (TPSA) is 48.1 Å². The number of nitrogens with zero attached hydrogens (tertiary/aromatic N) is 1. The molecule has 1 heterocycles. The van der Waals surface area contributed by atoms with Crippen molar-refractivity contribution in [3.05, 3.63) is 53.2 Å². The van der Waals surface area contributed by atoms with Crippen molar-refractivity contribution in [2.24, 2.45) is 0 Å². The van der Waals surface area contributed by atoms with E-state index < -0.39 is 0 Å². The first-order chi connectivity index (χ1) is 9.24. The van der Waals surface area contributed by atoms with Gasteiger partial charge < -0.3 is 10.5 Å². The molecule has 1 aromatic heterocycles. The first kappa shape index (κ1) is 12.0. The van der Waals surface area contributed by atoms with Gasteiger partial charge >= 0.3 is 0 Å². The van der Waals surface area contributed by atoms with E-state index in [4.69, 9.17) is 10.5 Å². The minimum absolute atomic E-state index is 0.0709. The van der Waals surface area contributed by atoms with Crippen LogP contribution in [0.2, 0.25) is 0 Å². The lowest BCUT2D eigenvalue weighted by Crippen LogP contribution is -2.16. The second-order valence-electron chi connectivity index (χ2n) is 5.04. The van der Waals surface area contributed by atoms with Crippen LogP contribution in [0.5, 0.6) is 5.88 Å². The Labute approximate surface area is 113 Å². The van der Waals surface area contributed by atoms with Crippen molar-refractivity contribution in [1.29, 1.82) is 0 Å². The van der Waals surface area contributed by atoms with Crippen LogP contribution in [-0.2, 0) is 6.42 Å². The van der Waals surface area contributed by atoms with Crippen molar-refractivity contribution in [2.45, 2.75) is 32.3 Å². The molecule has 0 amide bonds. The smallest absolute Gasteiger partial charge is 0.238 e. The molecule has 0 aliphatic heterocycles. The molecule has 2 N–H and O–H groups in total. The van der Waals surface area contributed by atoms with E-state index in [0.717, 1.165) is 25.0 Å². The fourth-order valence-electron chi connectivity index (χ4n) is 2.60. The summed E-state index contributed by atoms with van der Waals surface area (Å²) in [5, 5.41) is 0. The van der Waals surface area contributed by atoms with E-state index in [2.05, 4.69) is 29.2 Å². The molecular formula is C16H18N2O. The Morgan fingerprint density at radius 3 is 2.95 bits per heavy atom. The molecule has 1 atom stereocenters. The average Bonchev–Trinajstić information content (AvgIpc) is 2.43. The molecule has 19 heavy (non-hydrogen) atoms. The summed E-state index contributed by atoms with van der Waals surface area (Å²) in [5.41, 5.74) is 10.1. The van der Waals surface area contributed by atoms with Gasteiger partial charge in [0, 0.05) is 5.69 Å². The third-order valence-corrected chi connectivity index (χ3v) is 3.60. The van der Waals surface area contributed by atoms with Gasteiger partial charge in [-0.25, -0.2) is 4.98 Å². The number of fused-ring (bicyclic) bond motifs is 1. The number of aromatic nitrogens is 1. The molecular weight excluding hydrogens is 236 g/mol. The number of anilines is 1. The van der Waals surface area contributed by atoms with E-state index in [-0.39, 0.29) is 6.10 Å². The van der Waals surface area contributed by atoms with Crippen LogP contribution in [-0.4, -0.2) is 4.98 Å². The minimum Gasteiger partial charge on any atom is -0.468 e. The molecule has 0 fully saturated rings. The Morgan fingerprint density at radius 1 is 1.21 bits per heavy atom. The molecule has 0 radical (unpaired) electrons.